The average Bonchev–Trinajstić information content (AvgIpc) is 2.99. The molecule has 0 aromatic heterocycles. The van der Waals surface area contributed by atoms with E-state index in [1.165, 1.54) is 0 Å². The second kappa shape index (κ2) is 14.6. The Morgan fingerprint density at radius 2 is 1.68 bits per heavy atom. The summed E-state index contributed by atoms with van der Waals surface area (Å²) in [6.07, 6.45) is 5.74. The van der Waals surface area contributed by atoms with Gasteiger partial charge in [-0.3, -0.25) is 4.79 Å². The number of amides is 1. The Bertz CT molecular complexity index is 1150. The van der Waals surface area contributed by atoms with Gasteiger partial charge in [-0.05, 0) is 80.8 Å². The highest BCUT2D eigenvalue weighted by molar-refractivity contribution is 5.89. The van der Waals surface area contributed by atoms with Crippen LogP contribution >= 0.6 is 0 Å². The summed E-state index contributed by atoms with van der Waals surface area (Å²) in [6, 6.07) is 8.99. The lowest BCUT2D eigenvalue weighted by atomic mass is 9.91. The highest BCUT2D eigenvalue weighted by atomic mass is 16.5. The number of piperidine rings is 1. The van der Waals surface area contributed by atoms with Crippen molar-refractivity contribution in [2.45, 2.75) is 70.4 Å². The van der Waals surface area contributed by atoms with Gasteiger partial charge in [-0.2, -0.15) is 0 Å². The van der Waals surface area contributed by atoms with Crippen molar-refractivity contribution in [3.8, 4) is 23.0 Å². The molecule has 1 saturated heterocycles. The van der Waals surface area contributed by atoms with Gasteiger partial charge in [-0.25, -0.2) is 4.79 Å². The third kappa shape index (κ3) is 7.09. The van der Waals surface area contributed by atoms with Crippen LogP contribution in [0.3, 0.4) is 0 Å². The molecule has 1 aliphatic rings. The SMILES string of the molecule is C=Cc1cc(CCC(C)OC(=O)C2CCCCN2C(=O)C(CC)c2cc(OC)c(OC)c(OC)c2)ccc1OC. The summed E-state index contributed by atoms with van der Waals surface area (Å²) in [5.41, 5.74) is 2.80. The standard InChI is InChI=1S/C32H43NO7/c1-8-23-18-22(15-16-27(23)36-4)14-13-21(3)40-32(35)26-12-10-11-17-33(26)31(34)25(9-2)24-19-28(37-5)30(39-7)29(20-24)38-6/h8,15-16,18-21,25-26H,1,9-14,17H2,2-7H3. The number of aryl methyl sites for hydroxylation is 1. The van der Waals surface area contributed by atoms with Crippen LogP contribution in [0.25, 0.3) is 6.08 Å². The molecule has 1 fully saturated rings. The van der Waals surface area contributed by atoms with Gasteiger partial charge in [0.15, 0.2) is 11.5 Å². The van der Waals surface area contributed by atoms with E-state index in [0.29, 0.717) is 43.1 Å². The molecule has 1 amide bonds. The van der Waals surface area contributed by atoms with Crippen molar-refractivity contribution in [3.05, 3.63) is 53.6 Å². The van der Waals surface area contributed by atoms with Crippen LogP contribution in [-0.4, -0.2) is 63.9 Å². The maximum Gasteiger partial charge on any atom is 0.329 e. The highest BCUT2D eigenvalue weighted by Gasteiger charge is 2.37. The zero-order chi connectivity index (χ0) is 29.2. The van der Waals surface area contributed by atoms with Gasteiger partial charge in [0.05, 0.1) is 40.5 Å². The van der Waals surface area contributed by atoms with Gasteiger partial charge in [0.2, 0.25) is 11.7 Å². The fourth-order valence-electron chi connectivity index (χ4n) is 5.30. The molecule has 0 bridgehead atoms. The van der Waals surface area contributed by atoms with Crippen molar-refractivity contribution in [2.75, 3.05) is 35.0 Å². The number of hydrogen-bond donors (Lipinski definition) is 0. The van der Waals surface area contributed by atoms with Gasteiger partial charge in [-0.1, -0.05) is 25.6 Å². The summed E-state index contributed by atoms with van der Waals surface area (Å²) < 4.78 is 27.7. The van der Waals surface area contributed by atoms with E-state index in [4.69, 9.17) is 23.7 Å². The molecule has 0 spiro atoms. The minimum atomic E-state index is -0.604. The van der Waals surface area contributed by atoms with Crippen LogP contribution in [0.15, 0.2) is 36.9 Å². The van der Waals surface area contributed by atoms with E-state index in [1.807, 2.05) is 44.2 Å². The average molecular weight is 554 g/mol. The van der Waals surface area contributed by atoms with Crippen molar-refractivity contribution in [1.29, 1.82) is 0 Å². The van der Waals surface area contributed by atoms with Crippen LogP contribution in [-0.2, 0) is 20.7 Å². The van der Waals surface area contributed by atoms with Crippen molar-refractivity contribution >= 4 is 18.0 Å². The first kappa shape index (κ1) is 30.9. The maximum atomic E-state index is 13.9. The van der Waals surface area contributed by atoms with E-state index in [1.54, 1.807) is 39.4 Å². The van der Waals surface area contributed by atoms with E-state index < -0.39 is 12.0 Å². The molecule has 2 aromatic carbocycles. The van der Waals surface area contributed by atoms with Crippen LogP contribution < -0.4 is 18.9 Å². The fraction of sp³-hybridized carbons (Fsp3) is 0.500. The summed E-state index contributed by atoms with van der Waals surface area (Å²) in [5, 5.41) is 0. The molecule has 0 aliphatic carbocycles. The van der Waals surface area contributed by atoms with Gasteiger partial charge < -0.3 is 28.6 Å². The Morgan fingerprint density at radius 3 is 2.25 bits per heavy atom. The smallest absolute Gasteiger partial charge is 0.329 e. The zero-order valence-electron chi connectivity index (χ0n) is 24.7. The molecular weight excluding hydrogens is 510 g/mol. The highest BCUT2D eigenvalue weighted by Crippen LogP contribution is 2.41. The molecule has 40 heavy (non-hydrogen) atoms. The minimum absolute atomic E-state index is 0.0961. The summed E-state index contributed by atoms with van der Waals surface area (Å²) >= 11 is 0. The lowest BCUT2D eigenvalue weighted by Gasteiger charge is -2.37. The molecule has 1 aliphatic heterocycles. The Hall–Kier alpha value is -3.68. The van der Waals surface area contributed by atoms with Gasteiger partial charge in [0.25, 0.3) is 0 Å². The fourth-order valence-corrected chi connectivity index (χ4v) is 5.30. The first-order valence-electron chi connectivity index (χ1n) is 13.9. The second-order valence-corrected chi connectivity index (χ2v) is 10.0. The molecule has 2 aromatic rings. The van der Waals surface area contributed by atoms with E-state index in [9.17, 15) is 9.59 Å². The number of likely N-dealkylation sites (tertiary alicyclic amines) is 1. The summed E-state index contributed by atoms with van der Waals surface area (Å²) in [5.74, 6) is 1.32. The summed E-state index contributed by atoms with van der Waals surface area (Å²) in [7, 11) is 6.28. The van der Waals surface area contributed by atoms with Gasteiger partial charge >= 0.3 is 5.97 Å². The predicted molar refractivity (Wildman–Crippen MR) is 155 cm³/mol. The predicted octanol–water partition coefficient (Wildman–Crippen LogP) is 5.80. The molecule has 218 valence electrons. The Labute approximate surface area is 238 Å². The third-order valence-corrected chi connectivity index (χ3v) is 7.52. The number of rotatable bonds is 13. The van der Waals surface area contributed by atoms with Crippen LogP contribution in [0, 0.1) is 0 Å². The molecule has 0 N–H and O–H groups in total. The molecule has 1 heterocycles. The lowest BCUT2D eigenvalue weighted by Crippen LogP contribution is -2.50. The first-order chi connectivity index (χ1) is 19.3. The Kier molecular flexibility index (Phi) is 11.3. The molecule has 3 rings (SSSR count). The van der Waals surface area contributed by atoms with Crippen LogP contribution in [0.2, 0.25) is 0 Å². The van der Waals surface area contributed by atoms with Gasteiger partial charge in [-0.15, -0.1) is 0 Å². The molecule has 3 unspecified atom stereocenters. The number of nitrogens with zero attached hydrogens (tertiary/aromatic N) is 1. The van der Waals surface area contributed by atoms with E-state index in [-0.39, 0.29) is 18.0 Å². The first-order valence-corrected chi connectivity index (χ1v) is 13.9. The van der Waals surface area contributed by atoms with Crippen molar-refractivity contribution in [1.82, 2.24) is 4.90 Å². The van der Waals surface area contributed by atoms with Crippen molar-refractivity contribution in [3.63, 3.8) is 0 Å². The molecule has 0 saturated carbocycles. The molecule has 3 atom stereocenters. The maximum absolute atomic E-state index is 13.9. The zero-order valence-corrected chi connectivity index (χ0v) is 24.7. The van der Waals surface area contributed by atoms with E-state index in [0.717, 1.165) is 41.7 Å². The topological polar surface area (TPSA) is 83.5 Å². The van der Waals surface area contributed by atoms with Gasteiger partial charge in [0, 0.05) is 12.1 Å². The molecular formula is C32H43NO7. The van der Waals surface area contributed by atoms with E-state index in [2.05, 4.69) is 6.58 Å². The largest absolute Gasteiger partial charge is 0.496 e. The quantitative estimate of drug-likeness (QED) is 0.290. The molecule has 0 radical (unpaired) electrons. The number of methoxy groups -OCH3 is 4. The molecule has 8 nitrogen and oxygen atoms in total. The number of carbonyl (C=O) groups excluding carboxylic acids is 2. The number of benzene rings is 2. The van der Waals surface area contributed by atoms with Crippen LogP contribution in [0.1, 0.15) is 68.6 Å². The monoisotopic (exact) mass is 553 g/mol. The summed E-state index contributed by atoms with van der Waals surface area (Å²) in [6.45, 7) is 8.23. The van der Waals surface area contributed by atoms with Crippen molar-refractivity contribution in [2.24, 2.45) is 0 Å². The Balaban J connectivity index is 1.72. The number of carbonyl (C=O) groups is 2. The van der Waals surface area contributed by atoms with Crippen LogP contribution in [0.5, 0.6) is 23.0 Å². The van der Waals surface area contributed by atoms with Crippen LogP contribution in [0.4, 0.5) is 0 Å². The normalized spacial score (nSPS) is 16.4. The number of ether oxygens (including phenoxy) is 5. The van der Waals surface area contributed by atoms with Crippen molar-refractivity contribution < 1.29 is 33.3 Å². The number of hydrogen-bond acceptors (Lipinski definition) is 7. The molecule has 8 heteroatoms. The third-order valence-electron chi connectivity index (χ3n) is 7.52. The number of esters is 1. The Morgan fingerprint density at radius 1 is 1.00 bits per heavy atom. The minimum Gasteiger partial charge on any atom is -0.496 e. The van der Waals surface area contributed by atoms with E-state index >= 15 is 0 Å². The van der Waals surface area contributed by atoms with Gasteiger partial charge in [0.1, 0.15) is 11.8 Å². The second-order valence-electron chi connectivity index (χ2n) is 10.0. The summed E-state index contributed by atoms with van der Waals surface area (Å²) in [4.78, 5) is 28.9. The lowest BCUT2D eigenvalue weighted by molar-refractivity contribution is -0.161.